The molecule has 3 aromatic rings. The number of amides is 2. The van der Waals surface area contributed by atoms with E-state index in [0.717, 1.165) is 47.0 Å². The maximum Gasteiger partial charge on any atom is 0.421 e. The highest BCUT2D eigenvalue weighted by molar-refractivity contribution is 6.30. The van der Waals surface area contributed by atoms with Crippen molar-refractivity contribution in [3.8, 4) is 0 Å². The summed E-state index contributed by atoms with van der Waals surface area (Å²) < 4.78 is 19.4. The standard InChI is InChI=1S/C28H30ClFN2O3/c1-28(2,3)35-27(34)32(22-11-8-20(29)9-12-22)26(33)16-18-4-6-19(7-5-18)23-14-15-31-25-13-10-21(30)17-24(23)25/h8-15,17-19H,4-7,16H2,1-3H3/t18-,19+. The van der Waals surface area contributed by atoms with Gasteiger partial charge in [-0.05, 0) is 112 Å². The Labute approximate surface area is 210 Å². The highest BCUT2D eigenvalue weighted by atomic mass is 35.5. The van der Waals surface area contributed by atoms with Crippen LogP contribution in [-0.2, 0) is 9.53 Å². The van der Waals surface area contributed by atoms with Crippen LogP contribution < -0.4 is 4.90 Å². The number of hydrogen-bond acceptors (Lipinski definition) is 4. The van der Waals surface area contributed by atoms with Crippen LogP contribution in [0.15, 0.2) is 54.7 Å². The summed E-state index contributed by atoms with van der Waals surface area (Å²) in [6.45, 7) is 5.31. The van der Waals surface area contributed by atoms with Gasteiger partial charge in [0.15, 0.2) is 0 Å². The molecule has 0 N–H and O–H groups in total. The van der Waals surface area contributed by atoms with Gasteiger partial charge < -0.3 is 4.74 Å². The van der Waals surface area contributed by atoms with Crippen LogP contribution in [0.25, 0.3) is 10.9 Å². The molecule has 184 valence electrons. The van der Waals surface area contributed by atoms with Crippen molar-refractivity contribution in [1.82, 2.24) is 4.98 Å². The van der Waals surface area contributed by atoms with E-state index in [2.05, 4.69) is 4.98 Å². The van der Waals surface area contributed by atoms with E-state index in [1.54, 1.807) is 63.4 Å². The molecule has 0 aliphatic heterocycles. The lowest BCUT2D eigenvalue weighted by Crippen LogP contribution is -2.41. The van der Waals surface area contributed by atoms with Crippen molar-refractivity contribution >= 4 is 40.2 Å². The van der Waals surface area contributed by atoms with Crippen LogP contribution >= 0.6 is 11.6 Å². The summed E-state index contributed by atoms with van der Waals surface area (Å²) in [6.07, 6.45) is 4.80. The van der Waals surface area contributed by atoms with E-state index in [9.17, 15) is 14.0 Å². The molecule has 0 atom stereocenters. The Balaban J connectivity index is 1.46. The van der Waals surface area contributed by atoms with Crippen molar-refractivity contribution in [1.29, 1.82) is 0 Å². The first-order chi connectivity index (χ1) is 16.6. The molecule has 1 aromatic heterocycles. The zero-order valence-corrected chi connectivity index (χ0v) is 21.0. The lowest BCUT2D eigenvalue weighted by atomic mass is 9.76. The molecule has 2 aromatic carbocycles. The molecule has 1 heterocycles. The van der Waals surface area contributed by atoms with E-state index in [4.69, 9.17) is 16.3 Å². The lowest BCUT2D eigenvalue weighted by Gasteiger charge is -2.31. The molecular formula is C28H30ClFN2O3. The fourth-order valence-corrected chi connectivity index (χ4v) is 4.89. The second-order valence-electron chi connectivity index (χ2n) is 10.2. The van der Waals surface area contributed by atoms with Crippen LogP contribution in [0.2, 0.25) is 5.02 Å². The number of ether oxygens (including phenoxy) is 1. The second-order valence-corrected chi connectivity index (χ2v) is 10.6. The predicted octanol–water partition coefficient (Wildman–Crippen LogP) is 7.66. The van der Waals surface area contributed by atoms with Gasteiger partial charge in [-0.3, -0.25) is 9.78 Å². The van der Waals surface area contributed by atoms with Crippen LogP contribution in [0, 0.1) is 11.7 Å². The molecule has 0 unspecified atom stereocenters. The molecule has 0 spiro atoms. The minimum atomic E-state index is -0.729. The summed E-state index contributed by atoms with van der Waals surface area (Å²) in [5.74, 6) is -0.121. The zero-order chi connectivity index (χ0) is 25.2. The largest absolute Gasteiger partial charge is 0.443 e. The molecule has 0 radical (unpaired) electrons. The van der Waals surface area contributed by atoms with Gasteiger partial charge in [-0.2, -0.15) is 0 Å². The number of imide groups is 1. The van der Waals surface area contributed by atoms with Gasteiger partial charge in [-0.1, -0.05) is 11.6 Å². The fourth-order valence-electron chi connectivity index (χ4n) is 4.76. The predicted molar refractivity (Wildman–Crippen MR) is 136 cm³/mol. The van der Waals surface area contributed by atoms with Gasteiger partial charge in [0.1, 0.15) is 11.4 Å². The van der Waals surface area contributed by atoms with Crippen molar-refractivity contribution in [2.24, 2.45) is 5.92 Å². The van der Waals surface area contributed by atoms with Gasteiger partial charge in [0, 0.05) is 23.0 Å². The normalized spacial score (nSPS) is 18.3. The quantitative estimate of drug-likeness (QED) is 0.372. The van der Waals surface area contributed by atoms with Crippen molar-refractivity contribution in [3.63, 3.8) is 0 Å². The van der Waals surface area contributed by atoms with E-state index in [-0.39, 0.29) is 30.0 Å². The molecule has 35 heavy (non-hydrogen) atoms. The molecule has 0 saturated heterocycles. The van der Waals surface area contributed by atoms with Crippen molar-refractivity contribution in [2.45, 2.75) is 64.4 Å². The first-order valence-electron chi connectivity index (χ1n) is 12.0. The van der Waals surface area contributed by atoms with Crippen LogP contribution in [0.4, 0.5) is 14.9 Å². The number of hydrogen-bond donors (Lipinski definition) is 0. The molecule has 5 nitrogen and oxygen atoms in total. The number of halogens is 2. The summed E-state index contributed by atoms with van der Waals surface area (Å²) in [5, 5.41) is 1.37. The topological polar surface area (TPSA) is 59.5 Å². The van der Waals surface area contributed by atoms with Gasteiger partial charge in [0.2, 0.25) is 5.91 Å². The smallest absolute Gasteiger partial charge is 0.421 e. The molecule has 2 amide bonds. The lowest BCUT2D eigenvalue weighted by molar-refractivity contribution is -0.119. The van der Waals surface area contributed by atoms with Crippen LogP contribution in [0.1, 0.15) is 64.4 Å². The van der Waals surface area contributed by atoms with E-state index >= 15 is 0 Å². The van der Waals surface area contributed by atoms with Crippen molar-refractivity contribution in [3.05, 3.63) is 71.1 Å². The fraction of sp³-hybridized carbons (Fsp3) is 0.393. The average molecular weight is 497 g/mol. The summed E-state index contributed by atoms with van der Waals surface area (Å²) >= 11 is 6.00. The summed E-state index contributed by atoms with van der Waals surface area (Å²) in [6, 6.07) is 13.3. The molecular weight excluding hydrogens is 467 g/mol. The first-order valence-corrected chi connectivity index (χ1v) is 12.3. The number of benzene rings is 2. The maximum absolute atomic E-state index is 13.9. The molecule has 1 aliphatic rings. The first kappa shape index (κ1) is 25.1. The monoisotopic (exact) mass is 496 g/mol. The summed E-state index contributed by atoms with van der Waals surface area (Å²) in [5.41, 5.74) is 1.60. The molecule has 0 bridgehead atoms. The Hall–Kier alpha value is -2.99. The van der Waals surface area contributed by atoms with Crippen LogP contribution in [0.5, 0.6) is 0 Å². The van der Waals surface area contributed by atoms with Gasteiger partial charge >= 0.3 is 6.09 Å². The van der Waals surface area contributed by atoms with Gasteiger partial charge in [0.25, 0.3) is 0 Å². The Bertz CT molecular complexity index is 1220. The van der Waals surface area contributed by atoms with E-state index in [1.807, 2.05) is 6.07 Å². The molecule has 1 fully saturated rings. The Kier molecular flexibility index (Phi) is 7.41. The van der Waals surface area contributed by atoms with E-state index < -0.39 is 11.7 Å². The van der Waals surface area contributed by atoms with Gasteiger partial charge in [0.05, 0.1) is 11.2 Å². The second kappa shape index (κ2) is 10.3. The highest BCUT2D eigenvalue weighted by Crippen LogP contribution is 2.40. The number of pyridine rings is 1. The van der Waals surface area contributed by atoms with Gasteiger partial charge in [-0.25, -0.2) is 14.1 Å². The van der Waals surface area contributed by atoms with E-state index in [0.29, 0.717) is 10.7 Å². The van der Waals surface area contributed by atoms with Gasteiger partial charge in [-0.15, -0.1) is 0 Å². The zero-order valence-electron chi connectivity index (χ0n) is 20.3. The Morgan fingerprint density at radius 1 is 1.06 bits per heavy atom. The summed E-state index contributed by atoms with van der Waals surface area (Å²) in [7, 11) is 0. The number of anilines is 1. The minimum absolute atomic E-state index is 0.154. The number of fused-ring (bicyclic) bond motifs is 1. The molecule has 1 aliphatic carbocycles. The third-order valence-corrected chi connectivity index (χ3v) is 6.65. The Morgan fingerprint density at radius 2 is 1.74 bits per heavy atom. The van der Waals surface area contributed by atoms with Crippen molar-refractivity contribution < 1.29 is 18.7 Å². The molecule has 1 saturated carbocycles. The number of aromatic nitrogens is 1. The molecule has 4 rings (SSSR count). The number of rotatable bonds is 4. The number of carbonyl (C=O) groups is 2. The third kappa shape index (κ3) is 6.17. The summed E-state index contributed by atoms with van der Waals surface area (Å²) in [4.78, 5) is 31.7. The average Bonchev–Trinajstić information content (AvgIpc) is 2.79. The Morgan fingerprint density at radius 3 is 2.40 bits per heavy atom. The maximum atomic E-state index is 13.9. The molecule has 7 heteroatoms. The van der Waals surface area contributed by atoms with Crippen LogP contribution in [-0.4, -0.2) is 22.6 Å². The van der Waals surface area contributed by atoms with Crippen molar-refractivity contribution in [2.75, 3.05) is 4.90 Å². The number of carbonyl (C=O) groups excluding carboxylic acids is 2. The number of nitrogens with zero attached hydrogens (tertiary/aromatic N) is 2. The third-order valence-electron chi connectivity index (χ3n) is 6.40. The SMILES string of the molecule is CC(C)(C)OC(=O)N(C(=O)C[C@H]1CC[C@@H](c2ccnc3ccc(F)cc32)CC1)c1ccc(Cl)cc1. The van der Waals surface area contributed by atoms with Crippen LogP contribution in [0.3, 0.4) is 0 Å². The van der Waals surface area contributed by atoms with E-state index in [1.165, 1.54) is 6.07 Å². The highest BCUT2D eigenvalue weighted by Gasteiger charge is 2.32. The minimum Gasteiger partial charge on any atom is -0.443 e.